The van der Waals surface area contributed by atoms with E-state index in [9.17, 15) is 9.59 Å². The predicted molar refractivity (Wildman–Crippen MR) is 75.0 cm³/mol. The van der Waals surface area contributed by atoms with Gasteiger partial charge in [0.15, 0.2) is 11.5 Å². The summed E-state index contributed by atoms with van der Waals surface area (Å²) in [7, 11) is 2.69. The Hall–Kier alpha value is -2.18. The number of rotatable bonds is 4. The van der Waals surface area contributed by atoms with Crippen molar-refractivity contribution >= 4 is 17.8 Å². The number of hydrogen-bond acceptors (Lipinski definition) is 7. The second-order valence-electron chi connectivity index (χ2n) is 4.89. The number of aromatic nitrogens is 2. The molecule has 0 radical (unpaired) electrons. The second-order valence-corrected chi connectivity index (χ2v) is 4.89. The van der Waals surface area contributed by atoms with E-state index in [1.165, 1.54) is 14.2 Å². The van der Waals surface area contributed by atoms with Crippen molar-refractivity contribution in [2.24, 2.45) is 0 Å². The number of esters is 2. The molecule has 21 heavy (non-hydrogen) atoms. The fraction of sp³-hybridized carbons (Fsp3) is 0.571. The van der Waals surface area contributed by atoms with Crippen molar-refractivity contribution < 1.29 is 19.1 Å². The largest absolute Gasteiger partial charge is 0.469 e. The van der Waals surface area contributed by atoms with Gasteiger partial charge in [-0.25, -0.2) is 4.79 Å². The summed E-state index contributed by atoms with van der Waals surface area (Å²) >= 11 is 0. The van der Waals surface area contributed by atoms with Gasteiger partial charge in [0.25, 0.3) is 0 Å². The molecule has 1 aliphatic heterocycles. The molecule has 1 saturated heterocycles. The molecule has 1 aromatic rings. The molecule has 0 spiro atoms. The monoisotopic (exact) mass is 293 g/mol. The molecule has 2 heterocycles. The summed E-state index contributed by atoms with van der Waals surface area (Å²) in [4.78, 5) is 24.9. The van der Waals surface area contributed by atoms with Crippen LogP contribution < -0.4 is 4.90 Å². The molecule has 0 aliphatic carbocycles. The highest BCUT2D eigenvalue weighted by atomic mass is 16.5. The van der Waals surface area contributed by atoms with E-state index in [1.54, 1.807) is 12.1 Å². The van der Waals surface area contributed by atoms with Crippen LogP contribution in [0.5, 0.6) is 0 Å². The first-order chi connectivity index (χ1) is 10.2. The number of anilines is 1. The molecule has 7 heteroatoms. The molecule has 0 N–H and O–H groups in total. The lowest BCUT2D eigenvalue weighted by atomic mass is 9.99. The predicted octanol–water partition coefficient (Wildman–Crippen LogP) is 1.19. The number of carbonyl (C=O) groups excluding carboxylic acids is 2. The van der Waals surface area contributed by atoms with Crippen molar-refractivity contribution in [1.29, 1.82) is 0 Å². The van der Waals surface area contributed by atoms with Gasteiger partial charge in [0.2, 0.25) is 0 Å². The maximum atomic E-state index is 11.5. The molecule has 1 fully saturated rings. The van der Waals surface area contributed by atoms with Gasteiger partial charge in [0.1, 0.15) is 0 Å². The van der Waals surface area contributed by atoms with E-state index in [1.807, 2.05) is 0 Å². The van der Waals surface area contributed by atoms with Gasteiger partial charge in [-0.15, -0.1) is 10.2 Å². The lowest BCUT2D eigenvalue weighted by Crippen LogP contribution is -2.41. The minimum atomic E-state index is -0.515. The first-order valence-corrected chi connectivity index (χ1v) is 6.91. The highest BCUT2D eigenvalue weighted by Gasteiger charge is 2.26. The number of methoxy groups -OCH3 is 2. The smallest absolute Gasteiger partial charge is 0.358 e. The quantitative estimate of drug-likeness (QED) is 0.771. The first kappa shape index (κ1) is 15.2. The molecule has 0 amide bonds. The summed E-state index contributed by atoms with van der Waals surface area (Å²) < 4.78 is 9.33. The minimum absolute atomic E-state index is 0.0597. The number of nitrogens with zero attached hydrogens (tertiary/aromatic N) is 3. The highest BCUT2D eigenvalue weighted by molar-refractivity contribution is 5.87. The fourth-order valence-electron chi connectivity index (χ4n) is 2.48. The van der Waals surface area contributed by atoms with Crippen LogP contribution in [-0.2, 0) is 14.3 Å². The van der Waals surface area contributed by atoms with E-state index in [0.717, 1.165) is 25.8 Å². The molecule has 7 nitrogen and oxygen atoms in total. The zero-order valence-corrected chi connectivity index (χ0v) is 12.2. The van der Waals surface area contributed by atoms with Crippen molar-refractivity contribution in [3.05, 3.63) is 17.8 Å². The molecule has 0 aromatic carbocycles. The zero-order valence-electron chi connectivity index (χ0n) is 12.2. The average Bonchev–Trinajstić information content (AvgIpc) is 2.54. The number of ether oxygens (including phenoxy) is 2. The minimum Gasteiger partial charge on any atom is -0.469 e. The molecule has 1 atom stereocenters. The molecule has 0 saturated carbocycles. The summed E-state index contributed by atoms with van der Waals surface area (Å²) in [5, 5.41) is 7.95. The first-order valence-electron chi connectivity index (χ1n) is 6.91. The number of piperidine rings is 1. The SMILES string of the molecule is COC(=O)CC1CCCCN1c1ccc(C(=O)OC)nn1. The molecule has 1 aromatic heterocycles. The summed E-state index contributed by atoms with van der Waals surface area (Å²) in [6, 6.07) is 3.37. The fourth-order valence-corrected chi connectivity index (χ4v) is 2.48. The van der Waals surface area contributed by atoms with Crippen LogP contribution in [-0.4, -0.2) is 48.9 Å². The molecule has 2 rings (SSSR count). The maximum Gasteiger partial charge on any atom is 0.358 e. The summed E-state index contributed by atoms with van der Waals surface area (Å²) in [5.41, 5.74) is 0.169. The van der Waals surface area contributed by atoms with E-state index in [-0.39, 0.29) is 17.7 Å². The Morgan fingerprint density at radius 3 is 2.67 bits per heavy atom. The van der Waals surface area contributed by atoms with Crippen molar-refractivity contribution in [3.8, 4) is 0 Å². The summed E-state index contributed by atoms with van der Waals surface area (Å²) in [6.07, 6.45) is 3.36. The van der Waals surface area contributed by atoms with Gasteiger partial charge in [0.05, 0.1) is 20.6 Å². The van der Waals surface area contributed by atoms with Crippen molar-refractivity contribution in [1.82, 2.24) is 10.2 Å². The van der Waals surface area contributed by atoms with Gasteiger partial charge in [0, 0.05) is 12.6 Å². The van der Waals surface area contributed by atoms with Gasteiger partial charge < -0.3 is 14.4 Å². The van der Waals surface area contributed by atoms with Gasteiger partial charge in [-0.05, 0) is 31.4 Å². The van der Waals surface area contributed by atoms with Crippen LogP contribution in [0.2, 0.25) is 0 Å². The van der Waals surface area contributed by atoms with Crippen LogP contribution >= 0.6 is 0 Å². The van der Waals surface area contributed by atoms with Gasteiger partial charge in [-0.2, -0.15) is 0 Å². The zero-order chi connectivity index (χ0) is 15.2. The van der Waals surface area contributed by atoms with E-state index >= 15 is 0 Å². The average molecular weight is 293 g/mol. The normalized spacial score (nSPS) is 18.2. The maximum absolute atomic E-state index is 11.5. The van der Waals surface area contributed by atoms with Crippen LogP contribution in [0, 0.1) is 0 Å². The second kappa shape index (κ2) is 7.01. The number of hydrogen-bond donors (Lipinski definition) is 0. The Labute approximate surface area is 123 Å². The van der Waals surface area contributed by atoms with Crippen LogP contribution in [0.4, 0.5) is 5.82 Å². The molecule has 1 unspecified atom stereocenters. The van der Waals surface area contributed by atoms with Crippen LogP contribution in [0.3, 0.4) is 0 Å². The van der Waals surface area contributed by atoms with E-state index in [4.69, 9.17) is 4.74 Å². The van der Waals surface area contributed by atoms with Crippen LogP contribution in [0.15, 0.2) is 12.1 Å². The van der Waals surface area contributed by atoms with Crippen LogP contribution in [0.25, 0.3) is 0 Å². The highest BCUT2D eigenvalue weighted by Crippen LogP contribution is 2.25. The van der Waals surface area contributed by atoms with E-state index in [2.05, 4.69) is 19.8 Å². The van der Waals surface area contributed by atoms with E-state index < -0.39 is 5.97 Å². The third kappa shape index (κ3) is 3.68. The third-order valence-corrected chi connectivity index (χ3v) is 3.60. The standard InChI is InChI=1S/C14H19N3O4/c1-20-13(18)9-10-5-3-4-8-17(10)12-7-6-11(15-16-12)14(19)21-2/h6-7,10H,3-5,8-9H2,1-2H3. The molecule has 0 bridgehead atoms. The summed E-state index contributed by atoms with van der Waals surface area (Å²) in [6.45, 7) is 0.813. The summed E-state index contributed by atoms with van der Waals surface area (Å²) in [5.74, 6) is -0.0823. The molecule has 114 valence electrons. The Bertz CT molecular complexity index is 503. The molecule has 1 aliphatic rings. The van der Waals surface area contributed by atoms with Crippen molar-refractivity contribution in [2.75, 3.05) is 25.7 Å². The molecular weight excluding hydrogens is 274 g/mol. The topological polar surface area (TPSA) is 81.6 Å². The lowest BCUT2D eigenvalue weighted by Gasteiger charge is -2.35. The Balaban J connectivity index is 2.13. The Morgan fingerprint density at radius 1 is 1.24 bits per heavy atom. The Kier molecular flexibility index (Phi) is 5.08. The van der Waals surface area contributed by atoms with Gasteiger partial charge in [-0.1, -0.05) is 0 Å². The van der Waals surface area contributed by atoms with Crippen molar-refractivity contribution in [2.45, 2.75) is 31.7 Å². The van der Waals surface area contributed by atoms with Crippen molar-refractivity contribution in [3.63, 3.8) is 0 Å². The van der Waals surface area contributed by atoms with Gasteiger partial charge in [-0.3, -0.25) is 4.79 Å². The van der Waals surface area contributed by atoms with Crippen LogP contribution in [0.1, 0.15) is 36.2 Å². The number of carbonyl (C=O) groups is 2. The Morgan fingerprint density at radius 2 is 2.05 bits per heavy atom. The van der Waals surface area contributed by atoms with Gasteiger partial charge >= 0.3 is 11.9 Å². The van der Waals surface area contributed by atoms with E-state index in [0.29, 0.717) is 12.2 Å². The third-order valence-electron chi connectivity index (χ3n) is 3.60. The lowest BCUT2D eigenvalue weighted by molar-refractivity contribution is -0.141. The molecular formula is C14H19N3O4.